The van der Waals surface area contributed by atoms with Crippen molar-refractivity contribution in [3.8, 4) is 11.4 Å². The molecule has 0 spiro atoms. The van der Waals surface area contributed by atoms with E-state index in [0.29, 0.717) is 4.64 Å². The molecule has 0 aliphatic carbocycles. The maximum atomic E-state index is 5.36. The van der Waals surface area contributed by atoms with Gasteiger partial charge in [0.25, 0.3) is 0 Å². The first-order valence-corrected chi connectivity index (χ1v) is 8.17. The predicted octanol–water partition coefficient (Wildman–Crippen LogP) is 5.67. The fraction of sp³-hybridized carbons (Fsp3) is 0.176. The second kappa shape index (κ2) is 6.08. The minimum absolute atomic E-state index is 0.611. The number of hydrogen-bond acceptors (Lipinski definition) is 2. The number of nitrogens with one attached hydrogen (secondary N) is 1. The second-order valence-corrected chi connectivity index (χ2v) is 6.17. The highest BCUT2D eigenvalue weighted by atomic mass is 79.9. The highest BCUT2D eigenvalue weighted by Gasteiger charge is 2.08. The van der Waals surface area contributed by atoms with Crippen molar-refractivity contribution in [1.29, 1.82) is 0 Å². The van der Waals surface area contributed by atoms with Crippen molar-refractivity contribution < 1.29 is 0 Å². The van der Waals surface area contributed by atoms with Crippen molar-refractivity contribution >= 4 is 38.9 Å². The largest absolute Gasteiger partial charge is 0.342 e. The summed E-state index contributed by atoms with van der Waals surface area (Å²) in [5.74, 6) is 0.831. The lowest BCUT2D eigenvalue weighted by molar-refractivity contribution is 0.865. The van der Waals surface area contributed by atoms with Gasteiger partial charge in [0.2, 0.25) is 0 Å². The van der Waals surface area contributed by atoms with Crippen LogP contribution in [-0.2, 0) is 6.42 Å². The topological polar surface area (TPSA) is 28.7 Å². The Kier molecular flexibility index (Phi) is 4.17. The predicted molar refractivity (Wildman–Crippen MR) is 94.1 cm³/mol. The zero-order valence-electron chi connectivity index (χ0n) is 11.7. The Hall–Kier alpha value is -1.52. The van der Waals surface area contributed by atoms with Crippen LogP contribution in [0.3, 0.4) is 0 Å². The van der Waals surface area contributed by atoms with E-state index in [0.717, 1.165) is 34.4 Å². The molecule has 0 saturated carbocycles. The maximum Gasteiger partial charge on any atom is 0.144 e. The molecule has 0 aliphatic rings. The van der Waals surface area contributed by atoms with Gasteiger partial charge in [-0.2, -0.15) is 0 Å². The number of aromatic amines is 1. The average Bonchev–Trinajstić information content (AvgIpc) is 2.51. The summed E-state index contributed by atoms with van der Waals surface area (Å²) in [6.45, 7) is 2.15. The third-order valence-corrected chi connectivity index (χ3v) is 4.87. The lowest BCUT2D eigenvalue weighted by Gasteiger charge is -2.08. The van der Waals surface area contributed by atoms with Gasteiger partial charge < -0.3 is 4.98 Å². The van der Waals surface area contributed by atoms with Crippen LogP contribution in [0.15, 0.2) is 46.9 Å². The van der Waals surface area contributed by atoms with Gasteiger partial charge in [0.05, 0.1) is 4.47 Å². The number of benzene rings is 2. The van der Waals surface area contributed by atoms with E-state index in [9.17, 15) is 0 Å². The SMILES string of the molecule is CCCc1[nH]c(-c2ccc3ccccc3c2)nc(=S)c1Br. The summed E-state index contributed by atoms with van der Waals surface area (Å²) in [6, 6.07) is 14.7. The van der Waals surface area contributed by atoms with Gasteiger partial charge in [0.15, 0.2) is 0 Å². The summed E-state index contributed by atoms with van der Waals surface area (Å²) >= 11 is 8.89. The molecule has 21 heavy (non-hydrogen) atoms. The smallest absolute Gasteiger partial charge is 0.144 e. The number of fused-ring (bicyclic) bond motifs is 1. The maximum absolute atomic E-state index is 5.36. The minimum Gasteiger partial charge on any atom is -0.342 e. The average molecular weight is 359 g/mol. The van der Waals surface area contributed by atoms with Crippen molar-refractivity contribution in [3.05, 3.63) is 57.3 Å². The molecule has 0 saturated heterocycles. The van der Waals surface area contributed by atoms with E-state index in [1.54, 1.807) is 0 Å². The van der Waals surface area contributed by atoms with Gasteiger partial charge in [-0.05, 0) is 39.2 Å². The van der Waals surface area contributed by atoms with E-state index >= 15 is 0 Å². The molecule has 0 aliphatic heterocycles. The first-order chi connectivity index (χ1) is 10.2. The fourth-order valence-electron chi connectivity index (χ4n) is 2.40. The summed E-state index contributed by atoms with van der Waals surface area (Å²) in [6.07, 6.45) is 2.01. The molecule has 0 fully saturated rings. The molecule has 0 atom stereocenters. The Bertz CT molecular complexity index is 855. The highest BCUT2D eigenvalue weighted by molar-refractivity contribution is 9.10. The van der Waals surface area contributed by atoms with Crippen molar-refractivity contribution in [3.63, 3.8) is 0 Å². The third-order valence-electron chi connectivity index (χ3n) is 3.46. The Morgan fingerprint density at radius 2 is 1.90 bits per heavy atom. The first kappa shape index (κ1) is 14.4. The summed E-state index contributed by atoms with van der Waals surface area (Å²) in [5, 5.41) is 2.43. The van der Waals surface area contributed by atoms with Crippen LogP contribution < -0.4 is 0 Å². The van der Waals surface area contributed by atoms with E-state index in [2.05, 4.69) is 63.2 Å². The Labute approximate surface area is 137 Å². The number of hydrogen-bond donors (Lipinski definition) is 1. The van der Waals surface area contributed by atoms with Crippen LogP contribution >= 0.6 is 28.1 Å². The standard InChI is InChI=1S/C17H15BrN2S/c1-2-5-14-15(18)17(21)20-16(19-14)13-9-8-11-6-3-4-7-12(11)10-13/h3-4,6-10H,2,5H2,1H3,(H,19,20,21). The zero-order valence-corrected chi connectivity index (χ0v) is 14.1. The molecular formula is C17H15BrN2S. The molecule has 0 radical (unpaired) electrons. The van der Waals surface area contributed by atoms with Crippen LogP contribution in [0.1, 0.15) is 19.0 Å². The van der Waals surface area contributed by atoms with Gasteiger partial charge in [-0.25, -0.2) is 4.98 Å². The number of aryl methyl sites for hydroxylation is 1. The molecule has 0 amide bonds. The van der Waals surface area contributed by atoms with Crippen LogP contribution in [0.4, 0.5) is 0 Å². The van der Waals surface area contributed by atoms with Crippen molar-refractivity contribution in [1.82, 2.24) is 9.97 Å². The number of nitrogens with zero attached hydrogens (tertiary/aromatic N) is 1. The Balaban J connectivity index is 2.15. The number of rotatable bonds is 3. The van der Waals surface area contributed by atoms with Crippen LogP contribution in [0.25, 0.3) is 22.2 Å². The van der Waals surface area contributed by atoms with Gasteiger partial charge >= 0.3 is 0 Å². The lowest BCUT2D eigenvalue weighted by Crippen LogP contribution is -1.98. The third kappa shape index (κ3) is 2.92. The van der Waals surface area contributed by atoms with Crippen LogP contribution in [-0.4, -0.2) is 9.97 Å². The van der Waals surface area contributed by atoms with E-state index < -0.39 is 0 Å². The van der Waals surface area contributed by atoms with Crippen LogP contribution in [0.2, 0.25) is 0 Å². The van der Waals surface area contributed by atoms with Gasteiger partial charge in [-0.15, -0.1) is 0 Å². The molecule has 2 nitrogen and oxygen atoms in total. The molecule has 0 unspecified atom stereocenters. The highest BCUT2D eigenvalue weighted by Crippen LogP contribution is 2.25. The van der Waals surface area contributed by atoms with Gasteiger partial charge in [-0.3, -0.25) is 0 Å². The Morgan fingerprint density at radius 3 is 2.67 bits per heavy atom. The van der Waals surface area contributed by atoms with Crippen LogP contribution in [0, 0.1) is 4.64 Å². The summed E-state index contributed by atoms with van der Waals surface area (Å²) < 4.78 is 1.52. The summed E-state index contributed by atoms with van der Waals surface area (Å²) in [5.41, 5.74) is 2.17. The fourth-order valence-corrected chi connectivity index (χ4v) is 3.00. The molecule has 3 aromatic rings. The molecule has 2 aromatic carbocycles. The van der Waals surface area contributed by atoms with Gasteiger partial charge in [-0.1, -0.05) is 62.0 Å². The van der Waals surface area contributed by atoms with E-state index in [1.165, 1.54) is 10.8 Å². The number of aromatic nitrogens is 2. The molecule has 0 bridgehead atoms. The van der Waals surface area contributed by atoms with E-state index in [-0.39, 0.29) is 0 Å². The number of H-pyrrole nitrogens is 1. The monoisotopic (exact) mass is 358 g/mol. The van der Waals surface area contributed by atoms with Crippen molar-refractivity contribution in [2.75, 3.05) is 0 Å². The molecule has 106 valence electrons. The van der Waals surface area contributed by atoms with Crippen molar-refractivity contribution in [2.24, 2.45) is 0 Å². The Morgan fingerprint density at radius 1 is 1.14 bits per heavy atom. The van der Waals surface area contributed by atoms with Gasteiger partial charge in [0.1, 0.15) is 10.5 Å². The second-order valence-electron chi connectivity index (χ2n) is 5.00. The van der Waals surface area contributed by atoms with Gasteiger partial charge in [0, 0.05) is 11.3 Å². The zero-order chi connectivity index (χ0) is 14.8. The molecule has 3 rings (SSSR count). The molecular weight excluding hydrogens is 344 g/mol. The minimum atomic E-state index is 0.611. The van der Waals surface area contributed by atoms with Crippen LogP contribution in [0.5, 0.6) is 0 Å². The number of halogens is 1. The summed E-state index contributed by atoms with van der Waals surface area (Å²) in [7, 11) is 0. The molecule has 1 N–H and O–H groups in total. The molecule has 1 heterocycles. The first-order valence-electron chi connectivity index (χ1n) is 6.97. The molecule has 4 heteroatoms. The van der Waals surface area contributed by atoms with E-state index in [4.69, 9.17) is 12.2 Å². The lowest BCUT2D eigenvalue weighted by atomic mass is 10.1. The van der Waals surface area contributed by atoms with E-state index in [1.807, 2.05) is 12.1 Å². The summed E-state index contributed by atoms with van der Waals surface area (Å²) in [4.78, 5) is 7.92. The quantitative estimate of drug-likeness (QED) is 0.610. The van der Waals surface area contributed by atoms with Crippen molar-refractivity contribution in [2.45, 2.75) is 19.8 Å². The normalized spacial score (nSPS) is 11.0. The molecule has 1 aromatic heterocycles.